The summed E-state index contributed by atoms with van der Waals surface area (Å²) in [4.78, 5) is 22.9. The number of rotatable bonds is 12. The quantitative estimate of drug-likeness (QED) is 0.0597. The lowest BCUT2D eigenvalue weighted by molar-refractivity contribution is 0.211. The molecule has 0 unspecified atom stereocenters. The molecule has 2 aliphatic rings. The van der Waals surface area contributed by atoms with Crippen molar-refractivity contribution < 1.29 is 4.39 Å². The van der Waals surface area contributed by atoms with Crippen LogP contribution in [0, 0.1) is 17.1 Å². The summed E-state index contributed by atoms with van der Waals surface area (Å²) in [5, 5.41) is 8.33. The highest BCUT2D eigenvalue weighted by Crippen LogP contribution is 2.35. The monoisotopic (exact) mass is 647 g/mol. The van der Waals surface area contributed by atoms with Gasteiger partial charge in [0.05, 0.1) is 16.4 Å². The standard InChI is InChI=1S/C34H39ClFN7OS/c35-27-18-21(5-3-6-28(37)22-8-9-22)17-26(31(27)36)29-19-24-20-43(34(44)41-32(24)40-29)25-12-10-23(11-13-25)30-7-1-2-14-42(30)15-4-16-45-33(38)39/h1-2,10-13,17-20,22,28,30H,3-9,14-16,37H2,(H3,38,39)(H,40,41,44)/t28-,30+/m1/s1. The van der Waals surface area contributed by atoms with Crippen molar-refractivity contribution in [2.24, 2.45) is 17.4 Å². The number of thioether (sulfide) groups is 1. The first-order chi connectivity index (χ1) is 21.8. The van der Waals surface area contributed by atoms with Crippen molar-refractivity contribution in [2.75, 3.05) is 18.8 Å². The van der Waals surface area contributed by atoms with E-state index >= 15 is 4.39 Å². The van der Waals surface area contributed by atoms with Gasteiger partial charge in [-0.25, -0.2) is 9.18 Å². The van der Waals surface area contributed by atoms with Crippen molar-refractivity contribution >= 4 is 39.6 Å². The Morgan fingerprint density at radius 3 is 2.73 bits per heavy atom. The minimum atomic E-state index is -0.503. The summed E-state index contributed by atoms with van der Waals surface area (Å²) in [5.74, 6) is 0.972. The molecule has 1 saturated carbocycles. The Balaban J connectivity index is 1.19. The predicted octanol–water partition coefficient (Wildman–Crippen LogP) is 6.55. The maximum Gasteiger partial charge on any atom is 0.354 e. The highest BCUT2D eigenvalue weighted by molar-refractivity contribution is 8.13. The van der Waals surface area contributed by atoms with E-state index in [4.69, 9.17) is 28.5 Å². The number of H-pyrrole nitrogens is 1. The van der Waals surface area contributed by atoms with Gasteiger partial charge in [0.25, 0.3) is 0 Å². The van der Waals surface area contributed by atoms with Crippen LogP contribution in [0.25, 0.3) is 28.0 Å². The Bertz CT molecular complexity index is 1760. The van der Waals surface area contributed by atoms with E-state index in [-0.39, 0.29) is 22.3 Å². The average Bonchev–Trinajstić information content (AvgIpc) is 3.81. The number of aromatic nitrogens is 3. The van der Waals surface area contributed by atoms with Crippen LogP contribution in [0.5, 0.6) is 0 Å². The molecule has 2 aromatic carbocycles. The molecular formula is C34H39ClFN7OS. The zero-order valence-corrected chi connectivity index (χ0v) is 26.7. The van der Waals surface area contributed by atoms with Gasteiger partial charge in [-0.15, -0.1) is 0 Å². The van der Waals surface area contributed by atoms with E-state index in [1.807, 2.05) is 24.3 Å². The van der Waals surface area contributed by atoms with Crippen LogP contribution in [0.3, 0.4) is 0 Å². The third-order valence-corrected chi connectivity index (χ3v) is 9.91. The molecule has 8 nitrogen and oxygen atoms in total. The molecule has 11 heteroatoms. The van der Waals surface area contributed by atoms with Crippen LogP contribution >= 0.6 is 23.4 Å². The second kappa shape index (κ2) is 13.9. The van der Waals surface area contributed by atoms with E-state index in [9.17, 15) is 4.79 Å². The second-order valence-corrected chi connectivity index (χ2v) is 13.6. The third-order valence-electron chi connectivity index (χ3n) is 8.83. The lowest BCUT2D eigenvalue weighted by Gasteiger charge is -2.33. The van der Waals surface area contributed by atoms with Crippen molar-refractivity contribution in [3.63, 3.8) is 0 Å². The lowest BCUT2D eigenvalue weighted by Crippen LogP contribution is -2.32. The fraction of sp³-hybridized carbons (Fsp3) is 0.382. The molecule has 6 N–H and O–H groups in total. The molecular weight excluding hydrogens is 609 g/mol. The van der Waals surface area contributed by atoms with Gasteiger partial charge in [0.1, 0.15) is 5.65 Å². The predicted molar refractivity (Wildman–Crippen MR) is 183 cm³/mol. The first kappa shape index (κ1) is 31.5. The summed E-state index contributed by atoms with van der Waals surface area (Å²) in [5.41, 5.74) is 15.4. The van der Waals surface area contributed by atoms with Gasteiger partial charge in [0.15, 0.2) is 11.0 Å². The summed E-state index contributed by atoms with van der Waals surface area (Å²) in [7, 11) is 0. The lowest BCUT2D eigenvalue weighted by atomic mass is 9.98. The largest absolute Gasteiger partial charge is 0.379 e. The first-order valence-corrected chi connectivity index (χ1v) is 17.0. The van der Waals surface area contributed by atoms with Crippen LogP contribution in [0.2, 0.25) is 5.02 Å². The minimum absolute atomic E-state index is 0.0715. The van der Waals surface area contributed by atoms with E-state index in [0.717, 1.165) is 56.5 Å². The number of nitrogens with two attached hydrogens (primary N) is 2. The van der Waals surface area contributed by atoms with E-state index in [2.05, 4.69) is 39.2 Å². The van der Waals surface area contributed by atoms with Crippen LogP contribution in [0.15, 0.2) is 65.6 Å². The van der Waals surface area contributed by atoms with Crippen LogP contribution in [-0.2, 0) is 6.42 Å². The minimum Gasteiger partial charge on any atom is -0.379 e. The Hall–Kier alpha value is -3.44. The molecule has 1 aliphatic heterocycles. The highest BCUT2D eigenvalue weighted by Gasteiger charge is 2.28. The zero-order chi connectivity index (χ0) is 31.5. The molecule has 236 valence electrons. The number of aryl methyl sites for hydroxylation is 1. The Morgan fingerprint density at radius 2 is 1.98 bits per heavy atom. The maximum absolute atomic E-state index is 15.2. The molecule has 0 amide bonds. The Morgan fingerprint density at radius 1 is 1.18 bits per heavy atom. The smallest absolute Gasteiger partial charge is 0.354 e. The van der Waals surface area contributed by atoms with Gasteiger partial charge in [-0.3, -0.25) is 14.9 Å². The van der Waals surface area contributed by atoms with Crippen molar-refractivity contribution in [3.05, 3.63) is 93.3 Å². The molecule has 0 saturated heterocycles. The van der Waals surface area contributed by atoms with E-state index in [0.29, 0.717) is 33.9 Å². The van der Waals surface area contributed by atoms with Gasteiger partial charge in [-0.05, 0) is 98.9 Å². The summed E-state index contributed by atoms with van der Waals surface area (Å²) in [6.07, 6.45) is 13.1. The van der Waals surface area contributed by atoms with Crippen molar-refractivity contribution in [1.29, 1.82) is 5.41 Å². The molecule has 0 bridgehead atoms. The molecule has 6 rings (SSSR count). The molecule has 2 aromatic heterocycles. The number of aromatic amines is 1. The molecule has 1 aliphatic carbocycles. The third kappa shape index (κ3) is 7.52. The van der Waals surface area contributed by atoms with Crippen LogP contribution in [-0.4, -0.2) is 49.5 Å². The molecule has 0 spiro atoms. The fourth-order valence-corrected chi connectivity index (χ4v) is 6.96. The Kier molecular flexibility index (Phi) is 9.75. The molecule has 1 fully saturated rings. The molecule has 0 radical (unpaired) electrons. The number of hydrogen-bond donors (Lipinski definition) is 4. The SMILES string of the molecule is N=C(N)SCCCN1CC=CC[C@H]1c1ccc(-n2cc3cc(-c4cc(CCC[C@@H](N)C5CC5)cc(Cl)c4F)[nH]c3nc2=O)cc1. The second-order valence-electron chi connectivity index (χ2n) is 12.1. The van der Waals surface area contributed by atoms with E-state index in [1.54, 1.807) is 12.3 Å². The van der Waals surface area contributed by atoms with Gasteiger partial charge in [-0.2, -0.15) is 4.98 Å². The van der Waals surface area contributed by atoms with Gasteiger partial charge in [0.2, 0.25) is 0 Å². The maximum atomic E-state index is 15.2. The summed E-state index contributed by atoms with van der Waals surface area (Å²) in [6.45, 7) is 1.78. The number of halogens is 2. The number of nitrogens with one attached hydrogen (secondary N) is 2. The number of amidine groups is 1. The topological polar surface area (TPSA) is 130 Å². The van der Waals surface area contributed by atoms with Gasteiger partial charge in [0, 0.05) is 41.5 Å². The molecule has 4 aromatic rings. The van der Waals surface area contributed by atoms with Crippen molar-refractivity contribution in [3.8, 4) is 16.9 Å². The van der Waals surface area contributed by atoms with Crippen molar-refractivity contribution in [2.45, 2.75) is 57.0 Å². The van der Waals surface area contributed by atoms with E-state index < -0.39 is 11.5 Å². The molecule has 3 heterocycles. The van der Waals surface area contributed by atoms with Gasteiger partial charge >= 0.3 is 5.69 Å². The number of benzene rings is 2. The van der Waals surface area contributed by atoms with Gasteiger partial charge in [-0.1, -0.05) is 47.6 Å². The first-order valence-electron chi connectivity index (χ1n) is 15.6. The van der Waals surface area contributed by atoms with Crippen LogP contribution in [0.1, 0.15) is 55.7 Å². The van der Waals surface area contributed by atoms with Crippen LogP contribution < -0.4 is 17.2 Å². The average molecular weight is 648 g/mol. The fourth-order valence-electron chi connectivity index (χ4n) is 6.22. The summed E-state index contributed by atoms with van der Waals surface area (Å²) < 4.78 is 16.8. The number of fused-ring (bicyclic) bond motifs is 1. The summed E-state index contributed by atoms with van der Waals surface area (Å²) in [6, 6.07) is 13.8. The molecule has 45 heavy (non-hydrogen) atoms. The van der Waals surface area contributed by atoms with Gasteiger partial charge < -0.3 is 16.5 Å². The number of nitrogens with zero attached hydrogens (tertiary/aromatic N) is 3. The number of hydrogen-bond acceptors (Lipinski definition) is 6. The zero-order valence-electron chi connectivity index (χ0n) is 25.1. The van der Waals surface area contributed by atoms with Crippen molar-refractivity contribution in [1.82, 2.24) is 19.4 Å². The van der Waals surface area contributed by atoms with E-state index in [1.165, 1.54) is 34.7 Å². The normalized spacial score (nSPS) is 17.6. The summed E-state index contributed by atoms with van der Waals surface area (Å²) >= 11 is 7.69. The van der Waals surface area contributed by atoms with Crippen LogP contribution in [0.4, 0.5) is 4.39 Å². The molecule has 2 atom stereocenters. The highest BCUT2D eigenvalue weighted by atomic mass is 35.5. The Labute approximate surface area is 271 Å².